The number of ether oxygens (including phenoxy) is 1. The summed E-state index contributed by atoms with van der Waals surface area (Å²) >= 11 is 5.16. The molecule has 22 heavy (non-hydrogen) atoms. The zero-order chi connectivity index (χ0) is 14.9. The van der Waals surface area contributed by atoms with E-state index in [2.05, 4.69) is 41.2 Å². The second-order valence-electron chi connectivity index (χ2n) is 5.11. The van der Waals surface area contributed by atoms with Crippen molar-refractivity contribution < 1.29 is 4.74 Å². The van der Waals surface area contributed by atoms with Gasteiger partial charge in [0, 0.05) is 25.4 Å². The lowest BCUT2D eigenvalue weighted by Crippen LogP contribution is -2.25. The summed E-state index contributed by atoms with van der Waals surface area (Å²) in [5, 5.41) is 2.06. The van der Waals surface area contributed by atoms with Gasteiger partial charge in [-0.05, 0) is 33.4 Å². The van der Waals surface area contributed by atoms with Crippen molar-refractivity contribution in [2.45, 2.75) is 12.5 Å². The minimum absolute atomic E-state index is 0.156. The van der Waals surface area contributed by atoms with Crippen LogP contribution in [-0.2, 0) is 0 Å². The fourth-order valence-electron chi connectivity index (χ4n) is 2.66. The fourth-order valence-corrected chi connectivity index (χ4v) is 3.86. The second-order valence-corrected chi connectivity index (χ2v) is 6.88. The molecule has 5 nitrogen and oxygen atoms in total. The zero-order valence-corrected chi connectivity index (χ0v) is 14.0. The minimum atomic E-state index is 0.156. The van der Waals surface area contributed by atoms with E-state index in [-0.39, 0.29) is 6.10 Å². The molecule has 1 unspecified atom stereocenters. The van der Waals surface area contributed by atoms with E-state index in [1.165, 1.54) is 0 Å². The van der Waals surface area contributed by atoms with Crippen molar-refractivity contribution in [2.24, 2.45) is 0 Å². The molecule has 0 aliphatic carbocycles. The maximum absolute atomic E-state index is 6.08. The lowest BCUT2D eigenvalue weighted by molar-refractivity contribution is 0.223. The van der Waals surface area contributed by atoms with Gasteiger partial charge < -0.3 is 9.64 Å². The third-order valence-electron chi connectivity index (χ3n) is 3.70. The number of halogens is 1. The molecule has 0 bridgehead atoms. The molecule has 4 heterocycles. The molecule has 0 N–H and O–H groups in total. The number of aromatic nitrogens is 3. The van der Waals surface area contributed by atoms with E-state index in [0.29, 0.717) is 0 Å². The molecule has 3 aromatic rings. The van der Waals surface area contributed by atoms with Crippen molar-refractivity contribution in [2.75, 3.05) is 18.0 Å². The summed E-state index contributed by atoms with van der Waals surface area (Å²) in [7, 11) is 0. The van der Waals surface area contributed by atoms with Crippen LogP contribution in [-0.4, -0.2) is 34.1 Å². The quantitative estimate of drug-likeness (QED) is 0.699. The molecule has 0 amide bonds. The largest absolute Gasteiger partial charge is 0.487 e. The standard InChI is InChI=1S/C15H13BrN4OS/c16-11-7-17-4-1-13(11)21-10-2-5-20(8-10)15-14-12(3-6-22-14)18-9-19-15/h1,3-4,6-7,9-10H,2,5,8H2. The van der Waals surface area contributed by atoms with Gasteiger partial charge in [0.2, 0.25) is 0 Å². The number of hydrogen-bond donors (Lipinski definition) is 0. The normalized spacial score (nSPS) is 18.0. The number of fused-ring (bicyclic) bond motifs is 1. The van der Waals surface area contributed by atoms with E-state index in [1.54, 1.807) is 30.1 Å². The van der Waals surface area contributed by atoms with E-state index in [4.69, 9.17) is 4.74 Å². The Morgan fingerprint density at radius 2 is 2.27 bits per heavy atom. The van der Waals surface area contributed by atoms with Crippen LogP contribution in [0.5, 0.6) is 5.75 Å². The Labute approximate surface area is 140 Å². The van der Waals surface area contributed by atoms with Crippen molar-refractivity contribution in [1.29, 1.82) is 0 Å². The lowest BCUT2D eigenvalue weighted by Gasteiger charge is -2.18. The average molecular weight is 377 g/mol. The van der Waals surface area contributed by atoms with Gasteiger partial charge in [-0.15, -0.1) is 11.3 Å². The van der Waals surface area contributed by atoms with Gasteiger partial charge in [0.1, 0.15) is 24.0 Å². The van der Waals surface area contributed by atoms with Crippen LogP contribution in [0.3, 0.4) is 0 Å². The molecule has 3 aromatic heterocycles. The first-order chi connectivity index (χ1) is 10.8. The van der Waals surface area contributed by atoms with Gasteiger partial charge in [-0.25, -0.2) is 9.97 Å². The lowest BCUT2D eigenvalue weighted by atomic mass is 10.3. The van der Waals surface area contributed by atoms with E-state index in [9.17, 15) is 0 Å². The van der Waals surface area contributed by atoms with Crippen LogP contribution in [0.25, 0.3) is 10.2 Å². The van der Waals surface area contributed by atoms with Gasteiger partial charge in [0.15, 0.2) is 0 Å². The van der Waals surface area contributed by atoms with Crippen LogP contribution in [0.4, 0.5) is 5.82 Å². The number of hydrogen-bond acceptors (Lipinski definition) is 6. The summed E-state index contributed by atoms with van der Waals surface area (Å²) in [4.78, 5) is 15.1. The van der Waals surface area contributed by atoms with Crippen molar-refractivity contribution >= 4 is 43.3 Å². The smallest absolute Gasteiger partial charge is 0.150 e. The summed E-state index contributed by atoms with van der Waals surface area (Å²) < 4.78 is 8.11. The van der Waals surface area contributed by atoms with Crippen LogP contribution in [0, 0.1) is 0 Å². The summed E-state index contributed by atoms with van der Waals surface area (Å²) in [5.41, 5.74) is 1.01. The van der Waals surface area contributed by atoms with E-state index in [0.717, 1.165) is 45.8 Å². The number of nitrogens with zero attached hydrogens (tertiary/aromatic N) is 4. The Bertz CT molecular complexity index is 809. The van der Waals surface area contributed by atoms with E-state index in [1.807, 2.05) is 12.1 Å². The summed E-state index contributed by atoms with van der Waals surface area (Å²) in [6, 6.07) is 3.91. The topological polar surface area (TPSA) is 51.1 Å². The maximum Gasteiger partial charge on any atom is 0.150 e. The van der Waals surface area contributed by atoms with Gasteiger partial charge in [-0.2, -0.15) is 0 Å². The van der Waals surface area contributed by atoms with Crippen molar-refractivity contribution in [3.63, 3.8) is 0 Å². The molecular weight excluding hydrogens is 364 g/mol. The third kappa shape index (κ3) is 2.55. The first-order valence-electron chi connectivity index (χ1n) is 7.00. The molecule has 0 saturated carbocycles. The highest BCUT2D eigenvalue weighted by Gasteiger charge is 2.27. The van der Waals surface area contributed by atoms with Crippen LogP contribution in [0.1, 0.15) is 6.42 Å². The van der Waals surface area contributed by atoms with Gasteiger partial charge in [0.05, 0.1) is 21.2 Å². The zero-order valence-electron chi connectivity index (χ0n) is 11.6. The fraction of sp³-hybridized carbons (Fsp3) is 0.267. The van der Waals surface area contributed by atoms with Crippen LogP contribution in [0.2, 0.25) is 0 Å². The average Bonchev–Trinajstić information content (AvgIpc) is 3.18. The monoisotopic (exact) mass is 376 g/mol. The summed E-state index contributed by atoms with van der Waals surface area (Å²) in [6.07, 6.45) is 6.27. The maximum atomic E-state index is 6.08. The first-order valence-corrected chi connectivity index (χ1v) is 8.68. The molecule has 7 heteroatoms. The van der Waals surface area contributed by atoms with E-state index < -0.39 is 0 Å². The van der Waals surface area contributed by atoms with Crippen LogP contribution in [0.15, 0.2) is 40.7 Å². The number of rotatable bonds is 3. The van der Waals surface area contributed by atoms with E-state index >= 15 is 0 Å². The predicted molar refractivity (Wildman–Crippen MR) is 90.6 cm³/mol. The predicted octanol–water partition coefficient (Wildman–Crippen LogP) is 3.51. The highest BCUT2D eigenvalue weighted by Crippen LogP contribution is 2.32. The van der Waals surface area contributed by atoms with Crippen molar-refractivity contribution in [1.82, 2.24) is 15.0 Å². The second kappa shape index (κ2) is 5.81. The Hall–Kier alpha value is -1.73. The molecule has 4 rings (SSSR count). The molecular formula is C15H13BrN4OS. The highest BCUT2D eigenvalue weighted by molar-refractivity contribution is 9.10. The number of pyridine rings is 1. The van der Waals surface area contributed by atoms with Gasteiger partial charge >= 0.3 is 0 Å². The molecule has 0 radical (unpaired) electrons. The van der Waals surface area contributed by atoms with Crippen molar-refractivity contribution in [3.8, 4) is 5.75 Å². The third-order valence-corrected chi connectivity index (χ3v) is 5.19. The molecule has 0 aromatic carbocycles. The summed E-state index contributed by atoms with van der Waals surface area (Å²) in [5.74, 6) is 1.85. The van der Waals surface area contributed by atoms with Crippen LogP contribution >= 0.6 is 27.3 Å². The summed E-state index contributed by atoms with van der Waals surface area (Å²) in [6.45, 7) is 1.77. The minimum Gasteiger partial charge on any atom is -0.487 e. The molecule has 1 fully saturated rings. The number of anilines is 1. The molecule has 112 valence electrons. The Morgan fingerprint density at radius 1 is 1.32 bits per heavy atom. The Balaban J connectivity index is 1.53. The first kappa shape index (κ1) is 13.9. The Morgan fingerprint density at radius 3 is 3.18 bits per heavy atom. The van der Waals surface area contributed by atoms with Gasteiger partial charge in [-0.3, -0.25) is 4.98 Å². The molecule has 1 atom stereocenters. The molecule has 1 aliphatic rings. The van der Waals surface area contributed by atoms with Crippen molar-refractivity contribution in [3.05, 3.63) is 40.7 Å². The molecule has 1 aliphatic heterocycles. The molecule has 0 spiro atoms. The SMILES string of the molecule is Brc1cnccc1OC1CCN(c2ncnc3ccsc23)C1. The molecule has 1 saturated heterocycles. The van der Waals surface area contributed by atoms with Gasteiger partial charge in [0.25, 0.3) is 0 Å². The van der Waals surface area contributed by atoms with Gasteiger partial charge in [-0.1, -0.05) is 0 Å². The van der Waals surface area contributed by atoms with Crippen LogP contribution < -0.4 is 9.64 Å². The Kier molecular flexibility index (Phi) is 3.67. The highest BCUT2D eigenvalue weighted by atomic mass is 79.9. The number of thiophene rings is 1.